The predicted octanol–water partition coefficient (Wildman–Crippen LogP) is 8.03. The number of ether oxygens (including phenoxy) is 1. The number of imidazole rings is 1. The molecule has 5 heterocycles. The van der Waals surface area contributed by atoms with Crippen LogP contribution in [0.4, 0.5) is 0 Å². The van der Waals surface area contributed by atoms with Gasteiger partial charge in [-0.2, -0.15) is 0 Å². The van der Waals surface area contributed by atoms with E-state index in [0.717, 1.165) is 56.0 Å². The standard InChI is InChI=1S/C56H43I2N5O/c1-3-30-57-45-19-14-20-46(58-31-4-2)54(45)51-35-60-56-44-33-37(24-26-39(44)40-17-8-10-21-47(40)62(51)56)64-38-25-27-41-42-28-29-49-53(55(42)63(50(41)34-38)52-23-12-13-32-59-52)43-18-9-11-22-48(43)61(49)36-15-6-5-7-16-36/h5-29,32-35H,3-4,30-31H2,1-2H3/q-2. The van der Waals surface area contributed by atoms with E-state index < -0.39 is 0 Å². The van der Waals surface area contributed by atoms with Gasteiger partial charge in [-0.25, -0.2) is 4.98 Å². The molecule has 0 bridgehead atoms. The molecule has 7 aromatic carbocycles. The number of pyridine rings is 2. The first-order valence-electron chi connectivity index (χ1n) is 22.0. The molecule has 0 amide bonds. The van der Waals surface area contributed by atoms with E-state index >= 15 is 0 Å². The Morgan fingerprint density at radius 3 is 1.94 bits per heavy atom. The number of aromatic nitrogens is 5. The van der Waals surface area contributed by atoms with Gasteiger partial charge in [-0.05, 0) is 36.4 Å². The summed E-state index contributed by atoms with van der Waals surface area (Å²) in [6.07, 6.45) is 6.45. The molecule has 0 fully saturated rings. The summed E-state index contributed by atoms with van der Waals surface area (Å²) in [4.78, 5) is 10.2. The van der Waals surface area contributed by atoms with Gasteiger partial charge in [0.05, 0.1) is 16.6 Å². The van der Waals surface area contributed by atoms with Crippen molar-refractivity contribution in [1.82, 2.24) is 23.5 Å². The summed E-state index contributed by atoms with van der Waals surface area (Å²) in [6.45, 7) is 4.62. The topological polar surface area (TPSA) is 49.3 Å². The number of benzene rings is 7. The van der Waals surface area contributed by atoms with Crippen molar-refractivity contribution < 1.29 is 47.1 Å². The van der Waals surface area contributed by atoms with Gasteiger partial charge in [-0.15, -0.1) is 0 Å². The normalized spacial score (nSPS) is 12.1. The summed E-state index contributed by atoms with van der Waals surface area (Å²) in [5, 5.41) is 8.17. The maximum absolute atomic E-state index is 6.91. The van der Waals surface area contributed by atoms with Gasteiger partial charge in [0.15, 0.2) is 0 Å². The molecule has 5 aromatic heterocycles. The molecule has 64 heavy (non-hydrogen) atoms. The van der Waals surface area contributed by atoms with Crippen molar-refractivity contribution in [2.24, 2.45) is 0 Å². The van der Waals surface area contributed by atoms with Crippen LogP contribution in [0, 0.1) is 7.14 Å². The molecular weight excluding hydrogens is 1010 g/mol. The van der Waals surface area contributed by atoms with Crippen molar-refractivity contribution in [2.75, 3.05) is 8.86 Å². The Labute approximate surface area is 391 Å². The molecule has 6 nitrogen and oxygen atoms in total. The van der Waals surface area contributed by atoms with E-state index in [1.165, 1.54) is 70.9 Å². The Kier molecular flexibility index (Phi) is 10.1. The zero-order chi connectivity index (χ0) is 42.7. The number of rotatable bonds is 11. The second-order valence-electron chi connectivity index (χ2n) is 16.1. The fourth-order valence-corrected chi connectivity index (χ4v) is 15.1. The molecule has 0 aliphatic heterocycles. The molecule has 0 saturated carbocycles. The summed E-state index contributed by atoms with van der Waals surface area (Å²) in [7, 11) is 0. The number of fused-ring (bicyclic) bond motifs is 13. The minimum absolute atomic E-state index is 0.119. The van der Waals surface area contributed by atoms with Crippen LogP contribution in [-0.4, -0.2) is 32.4 Å². The van der Waals surface area contributed by atoms with E-state index in [9.17, 15) is 0 Å². The van der Waals surface area contributed by atoms with Crippen molar-refractivity contribution in [3.05, 3.63) is 183 Å². The summed E-state index contributed by atoms with van der Waals surface area (Å²) < 4.78 is 19.7. The van der Waals surface area contributed by atoms with Gasteiger partial charge in [-0.3, -0.25) is 4.57 Å². The first-order chi connectivity index (χ1) is 31.7. The Morgan fingerprint density at radius 1 is 0.500 bits per heavy atom. The second kappa shape index (κ2) is 16.4. The van der Waals surface area contributed by atoms with Gasteiger partial charge in [0.25, 0.3) is 0 Å². The molecule has 0 aliphatic rings. The van der Waals surface area contributed by atoms with Crippen LogP contribution >= 0.6 is 0 Å². The van der Waals surface area contributed by atoms with Crippen LogP contribution in [0.1, 0.15) is 26.7 Å². The number of alkyl halides is 2. The molecule has 0 radical (unpaired) electrons. The fraction of sp³-hybridized carbons (Fsp3) is 0.107. The van der Waals surface area contributed by atoms with E-state index in [1.54, 1.807) is 7.14 Å². The van der Waals surface area contributed by atoms with Crippen molar-refractivity contribution >= 4 is 70.9 Å². The molecule has 0 spiro atoms. The van der Waals surface area contributed by atoms with Crippen molar-refractivity contribution in [3.8, 4) is 34.3 Å². The molecule has 0 saturated heterocycles. The van der Waals surface area contributed by atoms with Crippen LogP contribution in [0.2, 0.25) is 0 Å². The van der Waals surface area contributed by atoms with Gasteiger partial charge in [0.2, 0.25) is 0 Å². The van der Waals surface area contributed by atoms with Crippen LogP contribution in [0.15, 0.2) is 176 Å². The zero-order valence-corrected chi connectivity index (χ0v) is 39.8. The van der Waals surface area contributed by atoms with Crippen LogP contribution in [0.5, 0.6) is 11.5 Å². The first-order valence-corrected chi connectivity index (χ1v) is 27.2. The number of hydrogen-bond donors (Lipinski definition) is 0. The van der Waals surface area contributed by atoms with E-state index in [4.69, 9.17) is 14.7 Å². The number of hydrogen-bond acceptors (Lipinski definition) is 3. The maximum atomic E-state index is 6.91. The van der Waals surface area contributed by atoms with Crippen molar-refractivity contribution in [2.45, 2.75) is 26.7 Å². The average Bonchev–Trinajstić information content (AvgIpc) is 4.04. The molecule has 0 atom stereocenters. The predicted molar refractivity (Wildman–Crippen MR) is 256 cm³/mol. The van der Waals surface area contributed by atoms with Crippen molar-refractivity contribution in [3.63, 3.8) is 0 Å². The van der Waals surface area contributed by atoms with Gasteiger partial charge < -0.3 is 4.57 Å². The van der Waals surface area contributed by atoms with Gasteiger partial charge in [-0.1, -0.05) is 48.5 Å². The van der Waals surface area contributed by atoms with Crippen LogP contribution in [-0.2, 0) is 0 Å². The molecule has 12 aromatic rings. The number of nitrogens with zero attached hydrogens (tertiary/aromatic N) is 5. The molecule has 314 valence electrons. The summed E-state index contributed by atoms with van der Waals surface area (Å²) in [5.74, 6) is 2.39. The van der Waals surface area contributed by atoms with Gasteiger partial charge >= 0.3 is 240 Å². The molecule has 0 aliphatic carbocycles. The second-order valence-corrected chi connectivity index (χ2v) is 22.1. The third kappa shape index (κ3) is 6.39. The Hall–Kier alpha value is -6.24. The SMILES string of the molecule is CCC[I-]c1cccc([I-]CCC)c1-c1cnc2c3cc(Oc4ccc5c6ccc7c(c8ccccc8n7-c7ccccc7)c6n(-c6ccccn6)c5c4)ccc3c3ccccc3n12. The molecular formula is C56H43I2N5O-2. The first kappa shape index (κ1) is 39.4. The molecule has 12 rings (SSSR count). The third-order valence-corrected chi connectivity index (χ3v) is 18.8. The van der Waals surface area contributed by atoms with Gasteiger partial charge in [0, 0.05) is 33.4 Å². The summed E-state index contributed by atoms with van der Waals surface area (Å²) >= 11 is -0.238. The Morgan fingerprint density at radius 2 is 1.17 bits per heavy atom. The van der Waals surface area contributed by atoms with E-state index in [0.29, 0.717) is 0 Å². The molecule has 8 heteroatoms. The minimum atomic E-state index is -0.119. The number of halogens is 2. The Bertz CT molecular complexity index is 3710. The molecule has 0 unspecified atom stereocenters. The van der Waals surface area contributed by atoms with Gasteiger partial charge in [0.1, 0.15) is 5.82 Å². The summed E-state index contributed by atoms with van der Waals surface area (Å²) in [6, 6.07) is 58.9. The fourth-order valence-electron chi connectivity index (χ4n) is 9.54. The monoisotopic (exact) mass is 1060 g/mol. The summed E-state index contributed by atoms with van der Waals surface area (Å²) in [5.41, 5.74) is 10.4. The molecule has 0 N–H and O–H groups in total. The van der Waals surface area contributed by atoms with Crippen molar-refractivity contribution in [1.29, 1.82) is 0 Å². The number of para-hydroxylation sites is 3. The van der Waals surface area contributed by atoms with E-state index in [-0.39, 0.29) is 42.4 Å². The van der Waals surface area contributed by atoms with Crippen LogP contribution in [0.25, 0.3) is 93.7 Å². The average molecular weight is 1060 g/mol. The van der Waals surface area contributed by atoms with Crippen LogP contribution < -0.4 is 47.1 Å². The van der Waals surface area contributed by atoms with E-state index in [2.05, 4.69) is 191 Å². The van der Waals surface area contributed by atoms with E-state index in [1.807, 2.05) is 12.3 Å². The third-order valence-electron chi connectivity index (χ3n) is 12.2. The quantitative estimate of drug-likeness (QED) is 0.0750. The zero-order valence-electron chi connectivity index (χ0n) is 35.5. The Balaban J connectivity index is 1.04. The van der Waals surface area contributed by atoms with Crippen LogP contribution in [0.3, 0.4) is 0 Å².